The molecule has 1 N–H and O–H groups in total. The Morgan fingerprint density at radius 1 is 0.702 bits per heavy atom. The van der Waals surface area contributed by atoms with E-state index in [1.807, 2.05) is 66.7 Å². The molecule has 0 saturated heterocycles. The molecule has 0 bridgehead atoms. The number of esters is 1. The number of amides is 1. The largest absolute Gasteiger partial charge is 0.457 e. The first-order chi connectivity index (χ1) is 22.3. The van der Waals surface area contributed by atoms with Crippen molar-refractivity contribution in [2.24, 2.45) is 0 Å². The second-order valence-corrected chi connectivity index (χ2v) is 13.3. The molecule has 1 heterocycles. The summed E-state index contributed by atoms with van der Waals surface area (Å²) in [4.78, 5) is 39.2. The Kier molecular flexibility index (Phi) is 9.51. The third kappa shape index (κ3) is 8.47. The highest BCUT2D eigenvalue weighted by Gasteiger charge is 2.25. The van der Waals surface area contributed by atoms with Crippen LogP contribution in [0.2, 0.25) is 0 Å². The quantitative estimate of drug-likeness (QED) is 0.136. The van der Waals surface area contributed by atoms with Crippen molar-refractivity contribution in [2.75, 3.05) is 6.54 Å². The maximum Gasteiger partial charge on any atom is 0.419 e. The van der Waals surface area contributed by atoms with Gasteiger partial charge in [-0.25, -0.2) is 9.36 Å². The van der Waals surface area contributed by atoms with E-state index in [-0.39, 0.29) is 24.1 Å². The van der Waals surface area contributed by atoms with Crippen molar-refractivity contribution in [3.8, 4) is 28.4 Å². The smallest absolute Gasteiger partial charge is 0.419 e. The molecule has 0 aliphatic heterocycles. The molecule has 8 heteroatoms. The Hall–Kier alpha value is -5.37. The molecule has 0 aliphatic carbocycles. The lowest BCUT2D eigenvalue weighted by Gasteiger charge is -2.21. The first-order valence-corrected chi connectivity index (χ1v) is 15.6. The number of rotatable bonds is 8. The molecule has 5 aromatic rings. The number of fused-ring (bicyclic) bond motifs is 1. The highest BCUT2D eigenvalue weighted by atomic mass is 16.6. The summed E-state index contributed by atoms with van der Waals surface area (Å²) in [6, 6.07) is 31.9. The monoisotopic (exact) mass is 632 g/mol. The van der Waals surface area contributed by atoms with E-state index in [0.717, 1.165) is 11.1 Å². The van der Waals surface area contributed by atoms with Crippen LogP contribution in [0.3, 0.4) is 0 Å². The molecule has 0 saturated carbocycles. The Morgan fingerprint density at radius 2 is 1.32 bits per heavy atom. The predicted molar refractivity (Wildman–Crippen MR) is 183 cm³/mol. The molecule has 0 aliphatic rings. The number of nitrogens with one attached hydrogen (secondary N) is 1. The van der Waals surface area contributed by atoms with Gasteiger partial charge in [0.05, 0.1) is 11.9 Å². The number of aromatic nitrogens is 1. The van der Waals surface area contributed by atoms with Crippen LogP contribution in [0.25, 0.3) is 22.0 Å². The molecule has 0 unspecified atom stereocenters. The molecule has 242 valence electrons. The zero-order chi connectivity index (χ0) is 33.8. The molecule has 0 spiro atoms. The number of carbonyl (C=O) groups excluding carboxylic acids is 3. The number of hydrogen-bond donors (Lipinski definition) is 1. The summed E-state index contributed by atoms with van der Waals surface area (Å²) in [7, 11) is 0. The normalized spacial score (nSPS) is 11.6. The number of benzene rings is 4. The van der Waals surface area contributed by atoms with E-state index in [0.29, 0.717) is 28.2 Å². The van der Waals surface area contributed by atoms with Crippen LogP contribution >= 0.6 is 0 Å². The fourth-order valence-electron chi connectivity index (χ4n) is 4.98. The van der Waals surface area contributed by atoms with Gasteiger partial charge in [-0.1, -0.05) is 75.4 Å². The van der Waals surface area contributed by atoms with Crippen LogP contribution in [-0.2, 0) is 14.9 Å². The zero-order valence-electron chi connectivity index (χ0n) is 27.6. The van der Waals surface area contributed by atoms with Crippen molar-refractivity contribution in [1.29, 1.82) is 0 Å². The lowest BCUT2D eigenvalue weighted by Crippen LogP contribution is -2.33. The molecule has 0 fully saturated rings. The summed E-state index contributed by atoms with van der Waals surface area (Å²) in [5.41, 5.74) is 3.05. The van der Waals surface area contributed by atoms with E-state index in [1.54, 1.807) is 57.2 Å². The van der Waals surface area contributed by atoms with Gasteiger partial charge in [0.15, 0.2) is 0 Å². The van der Waals surface area contributed by atoms with Gasteiger partial charge in [0.2, 0.25) is 0 Å². The van der Waals surface area contributed by atoms with E-state index in [2.05, 4.69) is 26.1 Å². The summed E-state index contributed by atoms with van der Waals surface area (Å²) in [5.74, 6) is 0.596. The van der Waals surface area contributed by atoms with Crippen LogP contribution in [0.1, 0.15) is 64.0 Å². The number of hydrogen-bond acceptors (Lipinski definition) is 6. The molecule has 1 amide bonds. The van der Waals surface area contributed by atoms with Crippen molar-refractivity contribution in [2.45, 2.75) is 59.0 Å². The maximum absolute atomic E-state index is 13.4. The highest BCUT2D eigenvalue weighted by Crippen LogP contribution is 2.31. The molecule has 4 aromatic carbocycles. The third-order valence-electron chi connectivity index (χ3n) is 7.35. The molecule has 1 aromatic heterocycles. The molecule has 47 heavy (non-hydrogen) atoms. The molecule has 8 nitrogen and oxygen atoms in total. The van der Waals surface area contributed by atoms with Crippen molar-refractivity contribution >= 4 is 28.9 Å². The molecule has 0 radical (unpaired) electrons. The zero-order valence-corrected chi connectivity index (χ0v) is 27.6. The van der Waals surface area contributed by atoms with E-state index in [4.69, 9.17) is 14.2 Å². The van der Waals surface area contributed by atoms with Crippen LogP contribution in [-0.4, -0.2) is 34.7 Å². The van der Waals surface area contributed by atoms with Crippen molar-refractivity contribution in [3.05, 3.63) is 114 Å². The summed E-state index contributed by atoms with van der Waals surface area (Å²) in [6.07, 6.45) is -0.757. The average molecular weight is 633 g/mol. The van der Waals surface area contributed by atoms with Crippen LogP contribution in [0.5, 0.6) is 17.2 Å². The lowest BCUT2D eigenvalue weighted by atomic mass is 9.87. The van der Waals surface area contributed by atoms with Gasteiger partial charge in [-0.3, -0.25) is 9.59 Å². The second kappa shape index (κ2) is 13.5. The Labute approximate surface area is 275 Å². The van der Waals surface area contributed by atoms with Gasteiger partial charge >= 0.3 is 12.1 Å². The topological polar surface area (TPSA) is 95.9 Å². The predicted octanol–water partition coefficient (Wildman–Crippen LogP) is 8.91. The Balaban J connectivity index is 1.28. The standard InChI is InChI=1S/C39H40N2O6/c1-38(2,3)29-14-18-30(19-15-29)45-32-20-21-33-28(24-32)25-34(41(33)37(44)47-39(4,5)6)36(43)40-23-22-35(42)46-31-16-12-27(13-17-31)26-10-8-7-9-11-26/h7-21,24-25H,22-23H2,1-6H3,(H,40,43). The van der Waals surface area contributed by atoms with Crippen LogP contribution in [0.4, 0.5) is 4.79 Å². The van der Waals surface area contributed by atoms with E-state index >= 15 is 0 Å². The van der Waals surface area contributed by atoms with Gasteiger partial charge in [-0.05, 0) is 91.4 Å². The van der Waals surface area contributed by atoms with Crippen molar-refractivity contribution in [1.82, 2.24) is 9.88 Å². The van der Waals surface area contributed by atoms with Gasteiger partial charge in [0, 0.05) is 11.9 Å². The van der Waals surface area contributed by atoms with E-state index < -0.39 is 23.6 Å². The minimum absolute atomic E-state index is 0.00846. The number of ether oxygens (including phenoxy) is 3. The third-order valence-corrected chi connectivity index (χ3v) is 7.35. The second-order valence-electron chi connectivity index (χ2n) is 13.3. The Bertz CT molecular complexity index is 1880. The molecular formula is C39H40N2O6. The van der Waals surface area contributed by atoms with E-state index in [1.165, 1.54) is 10.1 Å². The van der Waals surface area contributed by atoms with E-state index in [9.17, 15) is 14.4 Å². The summed E-state index contributed by atoms with van der Waals surface area (Å²) >= 11 is 0. The van der Waals surface area contributed by atoms with Gasteiger partial charge in [0.25, 0.3) is 5.91 Å². The lowest BCUT2D eigenvalue weighted by molar-refractivity contribution is -0.134. The van der Waals surface area contributed by atoms with Crippen LogP contribution in [0, 0.1) is 0 Å². The van der Waals surface area contributed by atoms with Gasteiger partial charge in [0.1, 0.15) is 28.5 Å². The average Bonchev–Trinajstić information content (AvgIpc) is 3.40. The van der Waals surface area contributed by atoms with Crippen LogP contribution in [0.15, 0.2) is 103 Å². The molecule has 5 rings (SSSR count). The van der Waals surface area contributed by atoms with Crippen molar-refractivity contribution < 1.29 is 28.6 Å². The summed E-state index contributed by atoms with van der Waals surface area (Å²) < 4.78 is 18.4. The first-order valence-electron chi connectivity index (χ1n) is 15.6. The van der Waals surface area contributed by atoms with Crippen LogP contribution < -0.4 is 14.8 Å². The minimum Gasteiger partial charge on any atom is -0.457 e. The number of nitrogens with zero attached hydrogens (tertiary/aromatic N) is 1. The summed E-state index contributed by atoms with van der Waals surface area (Å²) in [6.45, 7) is 11.7. The Morgan fingerprint density at radius 3 is 1.96 bits per heavy atom. The first kappa shape index (κ1) is 33.0. The highest BCUT2D eigenvalue weighted by molar-refractivity contribution is 6.04. The molecule has 0 atom stereocenters. The van der Waals surface area contributed by atoms with Gasteiger partial charge in [-0.2, -0.15) is 0 Å². The van der Waals surface area contributed by atoms with Gasteiger partial charge < -0.3 is 19.5 Å². The maximum atomic E-state index is 13.4. The SMILES string of the molecule is CC(C)(C)OC(=O)n1c(C(=O)NCCC(=O)Oc2ccc(-c3ccccc3)cc2)cc2cc(Oc3ccc(C(C)(C)C)cc3)ccc21. The fraction of sp³-hybridized carbons (Fsp3) is 0.256. The number of carbonyl (C=O) groups is 3. The van der Waals surface area contributed by atoms with Crippen molar-refractivity contribution in [3.63, 3.8) is 0 Å². The fourth-order valence-corrected chi connectivity index (χ4v) is 4.98. The minimum atomic E-state index is -0.785. The van der Waals surface area contributed by atoms with Gasteiger partial charge in [-0.15, -0.1) is 0 Å². The summed E-state index contributed by atoms with van der Waals surface area (Å²) in [5, 5.41) is 3.35. The molecular weight excluding hydrogens is 592 g/mol.